The number of phenols is 1. The highest BCUT2D eigenvalue weighted by Crippen LogP contribution is 2.41. The van der Waals surface area contributed by atoms with Gasteiger partial charge in [-0.2, -0.15) is 53.2 Å². The number of para-hydroxylation sites is 5. The zero-order valence-corrected chi connectivity index (χ0v) is 80.7. The molecule has 18 heterocycles. The number of halogens is 2. The predicted molar refractivity (Wildman–Crippen MR) is 570 cm³/mol. The highest BCUT2D eigenvalue weighted by atomic mass is 79.9. The molecule has 1 saturated heterocycles. The number of aromatic hydroxyl groups is 1. The van der Waals surface area contributed by atoms with Crippen molar-refractivity contribution in [1.29, 1.82) is 0 Å². The predicted octanol–water partition coefficient (Wildman–Crippen LogP) is 18.6. The molecule has 1 aliphatic rings. The lowest BCUT2D eigenvalue weighted by Crippen LogP contribution is -2.44. The smallest absolute Gasteiger partial charge is 0.322 e. The van der Waals surface area contributed by atoms with Gasteiger partial charge in [0, 0.05) is 202 Å². The number of nitrogen functional groups attached to an aromatic ring is 5. The molecule has 36 nitrogen and oxygen atoms in total. The van der Waals surface area contributed by atoms with Crippen molar-refractivity contribution in [3.63, 3.8) is 0 Å². The molecular weight excluding hydrogens is 1940 g/mol. The van der Waals surface area contributed by atoms with Crippen molar-refractivity contribution in [1.82, 2.24) is 118 Å². The third-order valence-electron chi connectivity index (χ3n) is 25.1. The molecular formula is C108H84BrFN30O6S. The van der Waals surface area contributed by atoms with Crippen molar-refractivity contribution < 1.29 is 32.2 Å². The molecule has 14 N–H and O–H groups in total. The summed E-state index contributed by atoms with van der Waals surface area (Å²) >= 11 is 3.61. The molecule has 0 bridgehead atoms. The van der Waals surface area contributed by atoms with E-state index < -0.39 is 15.8 Å². The molecule has 722 valence electrons. The number of aromatic amines is 1. The summed E-state index contributed by atoms with van der Waals surface area (Å²) in [5, 5.41) is 48.3. The van der Waals surface area contributed by atoms with Crippen LogP contribution in [0.5, 0.6) is 11.6 Å². The highest BCUT2D eigenvalue weighted by molar-refractivity contribution is 9.10. The Bertz CT molecular complexity index is 9550. The van der Waals surface area contributed by atoms with E-state index in [0.29, 0.717) is 98.8 Å². The number of H-pyrrole nitrogens is 1. The Morgan fingerprint density at radius 2 is 0.782 bits per heavy atom. The first-order chi connectivity index (χ1) is 71.5. The van der Waals surface area contributed by atoms with Gasteiger partial charge in [0.2, 0.25) is 15.9 Å². The third-order valence-corrected chi connectivity index (χ3v) is 26.5. The monoisotopic (exact) mass is 2030 g/mol. The first-order valence-corrected chi connectivity index (χ1v) is 48.7. The molecule has 0 aliphatic carbocycles. The molecule has 26 rings (SSSR count). The van der Waals surface area contributed by atoms with Crippen LogP contribution < -0.4 is 43.4 Å². The van der Waals surface area contributed by atoms with Crippen molar-refractivity contribution >= 4 is 160 Å². The van der Waals surface area contributed by atoms with E-state index in [1.54, 1.807) is 129 Å². The van der Waals surface area contributed by atoms with Crippen LogP contribution in [0.2, 0.25) is 0 Å². The van der Waals surface area contributed by atoms with Crippen LogP contribution in [0.4, 0.5) is 39.2 Å². The minimum absolute atomic E-state index is 0.111. The van der Waals surface area contributed by atoms with Gasteiger partial charge in [0.15, 0.2) is 28.2 Å². The van der Waals surface area contributed by atoms with Gasteiger partial charge < -0.3 is 48.6 Å². The maximum absolute atomic E-state index is 13.7. The average molecular weight is 2030 g/mol. The molecule has 0 spiro atoms. The van der Waals surface area contributed by atoms with E-state index in [1.165, 1.54) is 23.8 Å². The second-order valence-corrected chi connectivity index (χ2v) is 37.2. The first-order valence-electron chi connectivity index (χ1n) is 46.0. The van der Waals surface area contributed by atoms with Crippen molar-refractivity contribution in [3.8, 4) is 112 Å². The molecule has 39 heteroatoms. The van der Waals surface area contributed by atoms with Crippen LogP contribution in [0.1, 0.15) is 24.5 Å². The van der Waals surface area contributed by atoms with E-state index in [0.717, 1.165) is 178 Å². The number of phenolic OH excluding ortho intramolecular Hbond substituents is 1. The Labute approximate surface area is 842 Å². The normalized spacial score (nSPS) is 13.1. The number of rotatable bonds is 14. The number of fused-ring (bicyclic) bond motifs is 11. The first kappa shape index (κ1) is 92.7. The zero-order chi connectivity index (χ0) is 101. The molecule has 2 atom stereocenters. The lowest BCUT2D eigenvalue weighted by Gasteiger charge is -2.28. The van der Waals surface area contributed by atoms with Gasteiger partial charge in [-0.15, -0.1) is 0 Å². The van der Waals surface area contributed by atoms with Gasteiger partial charge in [-0.25, -0.2) is 42.7 Å². The number of nitrogens with zero attached hydrogens (tertiary/aromatic N) is 22. The summed E-state index contributed by atoms with van der Waals surface area (Å²) in [6, 6.07) is 77.2. The van der Waals surface area contributed by atoms with Gasteiger partial charge in [-0.05, 0) is 132 Å². The molecule has 0 amide bonds. The fraction of sp³-hybridized carbons (Fsp3) is 0.0741. The van der Waals surface area contributed by atoms with Crippen LogP contribution in [-0.2, 0) is 19.6 Å². The van der Waals surface area contributed by atoms with Crippen LogP contribution in [0.25, 0.3) is 194 Å². The second-order valence-electron chi connectivity index (χ2n) is 34.7. The average Bonchev–Trinajstić information content (AvgIpc) is 1.63. The molecule has 0 saturated carbocycles. The number of nitrogens with two attached hydrogens (primary N) is 5. The highest BCUT2D eigenvalue weighted by Gasteiger charge is 2.32. The molecule has 0 radical (unpaired) electrons. The third kappa shape index (κ3) is 18.8. The standard InChI is InChI=1S/C22H21BrN6O2.C22H15N7.C22H18N6O2S.C21H14FN5O.C21H16N6O/c1-31-22(30)17-7-6-13(9-26-17)19-18(23)20(24)29-21(28-19)15(11-27-29)14-8-12-4-2-3-5-16(12)25-10-14;23-21-9-20(14-5-6-19-16(8-14)11-25-28-19)27-22-17(12-26-29(21)22)15-7-13-3-1-2-4-18(13)24-10-15;1-31(29,30)27-17-8-6-14(7-9-17)20-11-21(23)28-22(26-20)18(13-25-28)16-10-15-4-2-3-5-19(15)24-12-16;22-15-6-13(7-16(28)8-15)19-9-20(23)27-21(26-19)17(11-25-27)14-5-12-3-1-2-4-18(12)24-10-14;1-28-20-7-6-14(10-24-20)18-9-19(22)27-21(26-18)16(12-25-27)15-8-13-4-2-3-5-17(13)23-11-15/h2-5,8,10-11,13,17,26H,6-7,9,24H2,1H3;1-12H,23H2,(H,25,28);2-13,27H,23H2,1H3;1-11,28H,23H2;2-12H,22H2,1H3/t13-,17-;;;;/m0..../s1. The summed E-state index contributed by atoms with van der Waals surface area (Å²) < 4.78 is 57.7. The summed E-state index contributed by atoms with van der Waals surface area (Å²) in [4.78, 5) is 62.8. The summed E-state index contributed by atoms with van der Waals surface area (Å²) in [6.07, 6.45) is 23.9. The number of piperidine rings is 1. The van der Waals surface area contributed by atoms with Gasteiger partial charge in [0.05, 0.1) is 124 Å². The van der Waals surface area contributed by atoms with E-state index in [4.69, 9.17) is 58.1 Å². The summed E-state index contributed by atoms with van der Waals surface area (Å²) in [7, 11) is -0.346. The number of carbonyl (C=O) groups excluding carboxylic acids is 1. The topological polar surface area (TPSA) is 501 Å². The van der Waals surface area contributed by atoms with Crippen LogP contribution >= 0.6 is 15.9 Å². The number of nitrogens with one attached hydrogen (secondary N) is 3. The van der Waals surface area contributed by atoms with Gasteiger partial charge in [0.25, 0.3) is 0 Å². The summed E-state index contributed by atoms with van der Waals surface area (Å²) in [5.74, 6) is 2.00. The number of benzene rings is 8. The quantitative estimate of drug-likeness (QED) is 0.0457. The number of pyridine rings is 6. The lowest BCUT2D eigenvalue weighted by molar-refractivity contribution is -0.143. The van der Waals surface area contributed by atoms with Gasteiger partial charge in [-0.1, -0.05) is 109 Å². The Balaban J connectivity index is 0.000000104. The molecule has 25 aromatic rings. The summed E-state index contributed by atoms with van der Waals surface area (Å²) in [5.41, 5.74) is 55.9. The number of ether oxygens (including phenoxy) is 2. The number of esters is 1. The van der Waals surface area contributed by atoms with E-state index in [2.05, 4.69) is 121 Å². The maximum atomic E-state index is 13.7. The number of sulfonamides is 1. The molecule has 1 fully saturated rings. The number of hydrogen-bond donors (Lipinski definition) is 9. The van der Waals surface area contributed by atoms with Crippen LogP contribution in [-0.4, -0.2) is 166 Å². The summed E-state index contributed by atoms with van der Waals surface area (Å²) in [6.45, 7) is 0.613. The van der Waals surface area contributed by atoms with Gasteiger partial charge in [-0.3, -0.25) is 39.5 Å². The van der Waals surface area contributed by atoms with Crippen LogP contribution in [0.15, 0.2) is 328 Å². The van der Waals surface area contributed by atoms with E-state index >= 15 is 0 Å². The van der Waals surface area contributed by atoms with Crippen molar-refractivity contribution in [2.45, 2.75) is 24.8 Å². The van der Waals surface area contributed by atoms with Crippen molar-refractivity contribution in [2.75, 3.05) is 60.4 Å². The fourth-order valence-electron chi connectivity index (χ4n) is 17.8. The molecule has 0 unspecified atom stereocenters. The largest absolute Gasteiger partial charge is 0.508 e. The maximum Gasteiger partial charge on any atom is 0.322 e. The Hall–Kier alpha value is -19.3. The van der Waals surface area contributed by atoms with Gasteiger partial charge >= 0.3 is 5.97 Å². The van der Waals surface area contributed by atoms with E-state index in [1.807, 2.05) is 176 Å². The Morgan fingerprint density at radius 3 is 1.17 bits per heavy atom. The van der Waals surface area contributed by atoms with Crippen LogP contribution in [0, 0.1) is 5.82 Å². The Morgan fingerprint density at radius 1 is 0.408 bits per heavy atom. The lowest BCUT2D eigenvalue weighted by atomic mass is 9.91. The fourth-order valence-corrected chi connectivity index (χ4v) is 18.9. The van der Waals surface area contributed by atoms with Crippen LogP contribution in [0.3, 0.4) is 0 Å². The van der Waals surface area contributed by atoms with Crippen molar-refractivity contribution in [2.24, 2.45) is 0 Å². The van der Waals surface area contributed by atoms with E-state index in [9.17, 15) is 22.7 Å². The minimum Gasteiger partial charge on any atom is -0.508 e. The second kappa shape index (κ2) is 39.0. The minimum atomic E-state index is -3.34. The number of carbonyl (C=O) groups is 1. The number of methoxy groups -OCH3 is 2. The SMILES string of the molecule is COC(=O)[C@@H]1CC[C@H](c2nc3c(-c4cnc5ccccc5c4)cnn3c(N)c2Br)CN1.COc1ccc(-c2cc(N)n3ncc(-c4cnc5ccccc5c4)c3n2)cn1.CS(=O)(=O)Nc1ccc(-c2cc(N)n3ncc(-c4cnc5ccccc5c4)c3n2)cc1.Nc1cc(-c2cc(O)cc(F)c2)nc2c(-c3cnc4ccccc4c3)cnn12.Nc1cc(-c2ccc3[nH]ncc3c2)nc2c(-c3cnc4ccccc4c3)cnn12. The molecule has 17 aromatic heterocycles. The molecule has 147 heavy (non-hydrogen) atoms. The zero-order valence-electron chi connectivity index (χ0n) is 78.3. The van der Waals surface area contributed by atoms with E-state index in [-0.39, 0.29) is 23.7 Å². The van der Waals surface area contributed by atoms with Gasteiger partial charge in [0.1, 0.15) is 46.7 Å². The van der Waals surface area contributed by atoms with Crippen molar-refractivity contribution in [3.05, 3.63) is 339 Å². The number of anilines is 6. The number of hydrogen-bond acceptors (Lipinski definition) is 29. The number of aromatic nitrogens is 23. The Kier molecular flexibility index (Phi) is 24.6. The molecule has 1 aliphatic heterocycles. The molecule has 8 aromatic carbocycles.